The van der Waals surface area contributed by atoms with Crippen LogP contribution in [0.15, 0.2) is 60.7 Å². The van der Waals surface area contributed by atoms with Crippen molar-refractivity contribution < 1.29 is 9.59 Å². The van der Waals surface area contributed by atoms with Gasteiger partial charge < -0.3 is 10.6 Å². The number of hydrogen-bond acceptors (Lipinski definition) is 2. The maximum atomic E-state index is 12.4. The minimum atomic E-state index is -0.339. The Kier molecular flexibility index (Phi) is 6.02. The van der Waals surface area contributed by atoms with E-state index < -0.39 is 0 Å². The summed E-state index contributed by atoms with van der Waals surface area (Å²) >= 11 is 11.9. The molecule has 3 rings (SSSR count). The molecule has 0 aliphatic carbocycles. The number of benzene rings is 3. The van der Waals surface area contributed by atoms with E-state index in [4.69, 9.17) is 23.2 Å². The van der Waals surface area contributed by atoms with Crippen molar-refractivity contribution in [2.45, 2.75) is 13.8 Å². The third kappa shape index (κ3) is 4.91. The van der Waals surface area contributed by atoms with Crippen LogP contribution in [0.1, 0.15) is 31.8 Å². The summed E-state index contributed by atoms with van der Waals surface area (Å²) in [6.07, 6.45) is 0. The number of carbonyl (C=O) groups excluding carboxylic acids is 2. The van der Waals surface area contributed by atoms with Crippen LogP contribution in [-0.4, -0.2) is 11.8 Å². The number of aryl methyl sites for hydroxylation is 2. The van der Waals surface area contributed by atoms with Crippen molar-refractivity contribution in [2.24, 2.45) is 0 Å². The fourth-order valence-corrected chi connectivity index (χ4v) is 3.31. The Balaban J connectivity index is 1.67. The molecule has 2 amide bonds. The van der Waals surface area contributed by atoms with E-state index in [-0.39, 0.29) is 16.8 Å². The number of rotatable bonds is 4. The number of anilines is 2. The average molecular weight is 413 g/mol. The highest BCUT2D eigenvalue weighted by Crippen LogP contribution is 2.23. The SMILES string of the molecule is Cc1cc(C)cc(C(=O)Nc2ccc(NC(=O)c3ccc(Cl)cc3Cl)cc2)c1. The maximum absolute atomic E-state index is 12.4. The molecule has 142 valence electrons. The second-order valence-electron chi connectivity index (χ2n) is 6.49. The van der Waals surface area contributed by atoms with Crippen LogP contribution in [0.25, 0.3) is 0 Å². The van der Waals surface area contributed by atoms with Gasteiger partial charge in [0.05, 0.1) is 10.6 Å². The Morgan fingerprint density at radius 2 is 1.25 bits per heavy atom. The smallest absolute Gasteiger partial charge is 0.257 e. The normalized spacial score (nSPS) is 10.4. The van der Waals surface area contributed by atoms with Crippen molar-refractivity contribution in [3.05, 3.63) is 93.0 Å². The molecule has 0 radical (unpaired) electrons. The van der Waals surface area contributed by atoms with E-state index in [0.717, 1.165) is 11.1 Å². The maximum Gasteiger partial charge on any atom is 0.257 e. The number of halogens is 2. The third-order valence-electron chi connectivity index (χ3n) is 4.06. The number of amides is 2. The topological polar surface area (TPSA) is 58.2 Å². The largest absolute Gasteiger partial charge is 0.322 e. The average Bonchev–Trinajstić information content (AvgIpc) is 2.62. The van der Waals surface area contributed by atoms with Gasteiger partial charge in [0.1, 0.15) is 0 Å². The molecule has 2 N–H and O–H groups in total. The Labute approximate surface area is 173 Å². The van der Waals surface area contributed by atoms with Crippen molar-refractivity contribution >= 4 is 46.4 Å². The first-order valence-corrected chi connectivity index (χ1v) is 9.33. The van der Waals surface area contributed by atoms with E-state index >= 15 is 0 Å². The third-order valence-corrected chi connectivity index (χ3v) is 4.61. The summed E-state index contributed by atoms with van der Waals surface area (Å²) in [6.45, 7) is 3.91. The molecule has 0 saturated heterocycles. The van der Waals surface area contributed by atoms with Crippen LogP contribution in [0.5, 0.6) is 0 Å². The Bertz CT molecular complexity index is 1030. The monoisotopic (exact) mass is 412 g/mol. The first-order chi connectivity index (χ1) is 13.3. The van der Waals surface area contributed by atoms with Gasteiger partial charge in [-0.25, -0.2) is 0 Å². The number of hydrogen-bond donors (Lipinski definition) is 2. The lowest BCUT2D eigenvalue weighted by atomic mass is 10.1. The number of carbonyl (C=O) groups is 2. The van der Waals surface area contributed by atoms with E-state index in [0.29, 0.717) is 27.5 Å². The van der Waals surface area contributed by atoms with Crippen molar-refractivity contribution in [2.75, 3.05) is 10.6 Å². The summed E-state index contributed by atoms with van der Waals surface area (Å²) in [5, 5.41) is 6.36. The quantitative estimate of drug-likeness (QED) is 0.542. The summed E-state index contributed by atoms with van der Waals surface area (Å²) in [5.41, 5.74) is 4.21. The predicted octanol–water partition coefficient (Wildman–Crippen LogP) is 6.11. The van der Waals surface area contributed by atoms with Crippen LogP contribution in [0.4, 0.5) is 11.4 Å². The molecule has 4 nitrogen and oxygen atoms in total. The molecule has 0 fully saturated rings. The zero-order valence-electron chi connectivity index (χ0n) is 15.3. The van der Waals surface area contributed by atoms with Gasteiger partial charge in [-0.2, -0.15) is 0 Å². The van der Waals surface area contributed by atoms with E-state index in [1.54, 1.807) is 36.4 Å². The lowest BCUT2D eigenvalue weighted by molar-refractivity contribution is 0.101. The van der Waals surface area contributed by atoms with Gasteiger partial charge in [-0.3, -0.25) is 9.59 Å². The van der Waals surface area contributed by atoms with Crippen LogP contribution < -0.4 is 10.6 Å². The van der Waals surface area contributed by atoms with Crippen molar-refractivity contribution in [3.63, 3.8) is 0 Å². The second kappa shape index (κ2) is 8.46. The van der Waals surface area contributed by atoms with E-state index in [2.05, 4.69) is 10.6 Å². The first-order valence-electron chi connectivity index (χ1n) is 8.58. The molecular weight excluding hydrogens is 395 g/mol. The minimum Gasteiger partial charge on any atom is -0.322 e. The predicted molar refractivity (Wildman–Crippen MR) is 115 cm³/mol. The molecule has 28 heavy (non-hydrogen) atoms. The zero-order chi connectivity index (χ0) is 20.3. The molecule has 0 aromatic heterocycles. The molecule has 0 aliphatic rings. The lowest BCUT2D eigenvalue weighted by Crippen LogP contribution is -2.13. The van der Waals surface area contributed by atoms with E-state index in [1.165, 1.54) is 6.07 Å². The molecule has 0 aliphatic heterocycles. The van der Waals surface area contributed by atoms with Gasteiger partial charge in [-0.1, -0.05) is 40.4 Å². The minimum absolute atomic E-state index is 0.184. The lowest BCUT2D eigenvalue weighted by Gasteiger charge is -2.10. The first kappa shape index (κ1) is 19.9. The molecular formula is C22H18Cl2N2O2. The molecule has 0 atom stereocenters. The fourth-order valence-electron chi connectivity index (χ4n) is 2.82. The van der Waals surface area contributed by atoms with Crippen LogP contribution >= 0.6 is 23.2 Å². The van der Waals surface area contributed by atoms with Crippen LogP contribution in [-0.2, 0) is 0 Å². The highest BCUT2D eigenvalue weighted by molar-refractivity contribution is 6.37. The molecule has 0 saturated carbocycles. The molecule has 0 unspecified atom stereocenters. The van der Waals surface area contributed by atoms with Crippen LogP contribution in [0.3, 0.4) is 0 Å². The van der Waals surface area contributed by atoms with Crippen molar-refractivity contribution in [1.82, 2.24) is 0 Å². The molecule has 3 aromatic rings. The van der Waals surface area contributed by atoms with Crippen LogP contribution in [0, 0.1) is 13.8 Å². The van der Waals surface area contributed by atoms with Gasteiger partial charge in [0.15, 0.2) is 0 Å². The highest BCUT2D eigenvalue weighted by atomic mass is 35.5. The molecule has 0 bridgehead atoms. The standard InChI is InChI=1S/C22H18Cl2N2O2/c1-13-9-14(2)11-15(10-13)21(27)25-17-4-6-18(7-5-17)26-22(28)19-8-3-16(23)12-20(19)24/h3-12H,1-2H3,(H,25,27)(H,26,28). The molecule has 0 spiro atoms. The number of nitrogens with one attached hydrogen (secondary N) is 2. The Morgan fingerprint density at radius 1 is 0.714 bits per heavy atom. The van der Waals surface area contributed by atoms with Crippen molar-refractivity contribution in [1.29, 1.82) is 0 Å². The van der Waals surface area contributed by atoms with Gasteiger partial charge in [0.25, 0.3) is 11.8 Å². The summed E-state index contributed by atoms with van der Waals surface area (Å²) < 4.78 is 0. The molecule has 3 aromatic carbocycles. The Hall–Kier alpha value is -2.82. The van der Waals surface area contributed by atoms with E-state index in [9.17, 15) is 9.59 Å². The zero-order valence-corrected chi connectivity index (χ0v) is 16.9. The summed E-state index contributed by atoms with van der Waals surface area (Å²) in [5.74, 6) is -0.523. The van der Waals surface area contributed by atoms with Crippen molar-refractivity contribution in [3.8, 4) is 0 Å². The van der Waals surface area contributed by atoms with Gasteiger partial charge in [-0.15, -0.1) is 0 Å². The summed E-state index contributed by atoms with van der Waals surface area (Å²) in [7, 11) is 0. The molecule has 6 heteroatoms. The van der Waals surface area contributed by atoms with Gasteiger partial charge >= 0.3 is 0 Å². The van der Waals surface area contributed by atoms with E-state index in [1.807, 2.05) is 32.0 Å². The highest BCUT2D eigenvalue weighted by Gasteiger charge is 2.12. The van der Waals surface area contributed by atoms with Gasteiger partial charge in [-0.05, 0) is 68.4 Å². The second-order valence-corrected chi connectivity index (χ2v) is 7.33. The fraction of sp³-hybridized carbons (Fsp3) is 0.0909. The van der Waals surface area contributed by atoms with Gasteiger partial charge in [0.2, 0.25) is 0 Å². The summed E-state index contributed by atoms with van der Waals surface area (Å²) in [4.78, 5) is 24.8. The Morgan fingerprint density at radius 3 is 1.79 bits per heavy atom. The molecule has 0 heterocycles. The van der Waals surface area contributed by atoms with Gasteiger partial charge in [0, 0.05) is 22.0 Å². The van der Waals surface area contributed by atoms with Crippen LogP contribution in [0.2, 0.25) is 10.0 Å². The summed E-state index contributed by atoms with van der Waals surface area (Å²) in [6, 6.07) is 17.2.